The predicted molar refractivity (Wildman–Crippen MR) is 27.9 cm³/mol. The van der Waals surface area contributed by atoms with Gasteiger partial charge in [-0.3, -0.25) is 10.1 Å². The van der Waals surface area contributed by atoms with Crippen LogP contribution >= 0.6 is 0 Å². The Morgan fingerprint density at radius 1 is 1.62 bits per heavy atom. The third-order valence-electron chi connectivity index (χ3n) is 0.564. The highest BCUT2D eigenvalue weighted by atomic mass is 16.2. The number of carbonyl (C=O) groups is 1. The number of imide groups is 1. The van der Waals surface area contributed by atoms with E-state index < -0.39 is 6.03 Å². The van der Waals surface area contributed by atoms with E-state index in [9.17, 15) is 9.59 Å². The maximum atomic E-state index is 10.3. The number of nitrogens with one attached hydrogen (secondary N) is 1. The van der Waals surface area contributed by atoms with Gasteiger partial charge in [0.1, 0.15) is 0 Å². The quantitative estimate of drug-likeness (QED) is 0.460. The fraction of sp³-hybridized carbons (Fsp3) is 0.500. The Balaban J connectivity index is 3.48. The molecule has 0 aliphatic carbocycles. The minimum absolute atomic E-state index is 0.458. The van der Waals surface area contributed by atoms with Crippen LogP contribution in [0, 0.1) is 0 Å². The van der Waals surface area contributed by atoms with E-state index in [0.29, 0.717) is 0 Å². The molecular weight excluding hydrogens is 108 g/mol. The molecular formula is C4H7N2O2. The number of nitrogens with zero attached hydrogens (tertiary/aromatic N) is 1. The minimum Gasteiger partial charge on any atom is -0.331 e. The minimum atomic E-state index is -0.458. The molecule has 8 heavy (non-hydrogen) atoms. The molecule has 4 heteroatoms. The predicted octanol–water partition coefficient (Wildman–Crippen LogP) is -0.675. The van der Waals surface area contributed by atoms with Crippen LogP contribution in [0.15, 0.2) is 0 Å². The van der Waals surface area contributed by atoms with Crippen molar-refractivity contribution in [1.82, 2.24) is 10.2 Å². The first kappa shape index (κ1) is 6.94. The van der Waals surface area contributed by atoms with Crippen molar-refractivity contribution in [2.24, 2.45) is 0 Å². The van der Waals surface area contributed by atoms with Gasteiger partial charge < -0.3 is 4.90 Å². The summed E-state index contributed by atoms with van der Waals surface area (Å²) >= 11 is 0. The van der Waals surface area contributed by atoms with Gasteiger partial charge in [-0.2, -0.15) is 0 Å². The van der Waals surface area contributed by atoms with Gasteiger partial charge in [-0.25, -0.2) is 4.79 Å². The zero-order valence-electron chi connectivity index (χ0n) is 4.76. The average Bonchev–Trinajstić information content (AvgIpc) is 1.67. The number of amides is 3. The van der Waals surface area contributed by atoms with E-state index in [1.807, 2.05) is 5.32 Å². The second-order valence-corrected chi connectivity index (χ2v) is 1.43. The van der Waals surface area contributed by atoms with Crippen LogP contribution in [0.25, 0.3) is 0 Å². The first-order valence-corrected chi connectivity index (χ1v) is 2.03. The SMILES string of the molecule is CN(C)C(=O)N[C]=O. The van der Waals surface area contributed by atoms with Gasteiger partial charge >= 0.3 is 12.4 Å². The third-order valence-corrected chi connectivity index (χ3v) is 0.564. The molecule has 1 radical (unpaired) electrons. The van der Waals surface area contributed by atoms with Crippen molar-refractivity contribution in [2.45, 2.75) is 0 Å². The lowest BCUT2D eigenvalue weighted by molar-refractivity contribution is 0.222. The topological polar surface area (TPSA) is 49.4 Å². The monoisotopic (exact) mass is 115 g/mol. The summed E-state index contributed by atoms with van der Waals surface area (Å²) in [7, 11) is 3.07. The van der Waals surface area contributed by atoms with Crippen LogP contribution in [0.5, 0.6) is 0 Å². The Bertz CT molecular complexity index is 100. The second-order valence-electron chi connectivity index (χ2n) is 1.43. The lowest BCUT2D eigenvalue weighted by Gasteiger charge is -2.05. The van der Waals surface area contributed by atoms with E-state index in [0.717, 1.165) is 0 Å². The van der Waals surface area contributed by atoms with Crippen molar-refractivity contribution in [1.29, 1.82) is 0 Å². The van der Waals surface area contributed by atoms with Crippen molar-refractivity contribution >= 4 is 12.4 Å². The van der Waals surface area contributed by atoms with Crippen LogP contribution in [0.3, 0.4) is 0 Å². The van der Waals surface area contributed by atoms with E-state index in [4.69, 9.17) is 0 Å². The van der Waals surface area contributed by atoms with Gasteiger partial charge in [-0.1, -0.05) is 0 Å². The molecule has 3 amide bonds. The smallest absolute Gasteiger partial charge is 0.323 e. The van der Waals surface area contributed by atoms with Gasteiger partial charge in [0.2, 0.25) is 0 Å². The summed E-state index contributed by atoms with van der Waals surface area (Å²) in [4.78, 5) is 21.0. The van der Waals surface area contributed by atoms with Gasteiger partial charge in [0.25, 0.3) is 0 Å². The Labute approximate surface area is 47.5 Å². The summed E-state index contributed by atoms with van der Waals surface area (Å²) in [6, 6.07) is -0.458. The van der Waals surface area contributed by atoms with Crippen LogP contribution in [0.1, 0.15) is 0 Å². The lowest BCUT2D eigenvalue weighted by Crippen LogP contribution is -2.33. The summed E-state index contributed by atoms with van der Waals surface area (Å²) in [5.41, 5.74) is 0. The largest absolute Gasteiger partial charge is 0.331 e. The zero-order valence-corrected chi connectivity index (χ0v) is 4.76. The molecule has 0 aliphatic heterocycles. The van der Waals surface area contributed by atoms with Gasteiger partial charge in [0.05, 0.1) is 0 Å². The van der Waals surface area contributed by atoms with Crippen LogP contribution in [-0.2, 0) is 4.79 Å². The van der Waals surface area contributed by atoms with E-state index in [1.54, 1.807) is 0 Å². The number of hydrogen-bond acceptors (Lipinski definition) is 2. The van der Waals surface area contributed by atoms with Crippen molar-refractivity contribution in [3.8, 4) is 0 Å². The van der Waals surface area contributed by atoms with E-state index in [2.05, 4.69) is 0 Å². The van der Waals surface area contributed by atoms with Crippen LogP contribution in [0.4, 0.5) is 4.79 Å². The van der Waals surface area contributed by atoms with E-state index >= 15 is 0 Å². The number of hydrogen-bond donors (Lipinski definition) is 1. The summed E-state index contributed by atoms with van der Waals surface area (Å²) in [6.07, 6.45) is 1.26. The van der Waals surface area contributed by atoms with Gasteiger partial charge in [-0.15, -0.1) is 0 Å². The van der Waals surface area contributed by atoms with Crippen LogP contribution < -0.4 is 5.32 Å². The summed E-state index contributed by atoms with van der Waals surface area (Å²) in [6.45, 7) is 0. The molecule has 0 atom stereocenters. The van der Waals surface area contributed by atoms with Crippen molar-refractivity contribution in [3.63, 3.8) is 0 Å². The van der Waals surface area contributed by atoms with E-state index in [-0.39, 0.29) is 0 Å². The highest BCUT2D eigenvalue weighted by Crippen LogP contribution is 1.71. The molecule has 45 valence electrons. The molecule has 0 aliphatic rings. The highest BCUT2D eigenvalue weighted by molar-refractivity contribution is 5.84. The zero-order chi connectivity index (χ0) is 6.57. The van der Waals surface area contributed by atoms with Crippen molar-refractivity contribution in [3.05, 3.63) is 0 Å². The number of urea groups is 1. The molecule has 0 aromatic heterocycles. The molecule has 0 fully saturated rings. The Hall–Kier alpha value is -1.06. The second kappa shape index (κ2) is 3.01. The molecule has 1 N–H and O–H groups in total. The molecule has 0 heterocycles. The summed E-state index contributed by atoms with van der Waals surface area (Å²) in [5, 5.41) is 1.83. The molecule has 0 saturated carbocycles. The first-order chi connectivity index (χ1) is 3.68. The Kier molecular flexibility index (Phi) is 2.61. The molecule has 0 aromatic carbocycles. The third kappa shape index (κ3) is 2.17. The molecule has 0 aromatic rings. The molecule has 4 nitrogen and oxygen atoms in total. The van der Waals surface area contributed by atoms with Gasteiger partial charge in [-0.05, 0) is 0 Å². The van der Waals surface area contributed by atoms with Crippen LogP contribution in [0.2, 0.25) is 0 Å². The molecule has 0 bridgehead atoms. The summed E-state index contributed by atoms with van der Waals surface area (Å²) < 4.78 is 0. The number of carbonyl (C=O) groups excluding carboxylic acids is 2. The normalized spacial score (nSPS) is 7.75. The highest BCUT2D eigenvalue weighted by Gasteiger charge is 1.98. The van der Waals surface area contributed by atoms with Gasteiger partial charge in [0.15, 0.2) is 0 Å². The van der Waals surface area contributed by atoms with Crippen molar-refractivity contribution in [2.75, 3.05) is 14.1 Å². The average molecular weight is 115 g/mol. The first-order valence-electron chi connectivity index (χ1n) is 2.03. The van der Waals surface area contributed by atoms with E-state index in [1.165, 1.54) is 25.4 Å². The Morgan fingerprint density at radius 2 is 2.12 bits per heavy atom. The fourth-order valence-electron chi connectivity index (χ4n) is 0.155. The molecule has 0 spiro atoms. The summed E-state index contributed by atoms with van der Waals surface area (Å²) in [5.74, 6) is 0. The molecule has 0 unspecified atom stereocenters. The van der Waals surface area contributed by atoms with Crippen molar-refractivity contribution < 1.29 is 9.59 Å². The maximum absolute atomic E-state index is 10.3. The lowest BCUT2D eigenvalue weighted by atomic mass is 10.8. The molecule has 0 saturated heterocycles. The number of rotatable bonds is 1. The molecule has 0 rings (SSSR count). The fourth-order valence-corrected chi connectivity index (χ4v) is 0.155. The maximum Gasteiger partial charge on any atom is 0.323 e. The van der Waals surface area contributed by atoms with Crippen LogP contribution in [-0.4, -0.2) is 31.4 Å². The Morgan fingerprint density at radius 3 is 2.25 bits per heavy atom. The van der Waals surface area contributed by atoms with Gasteiger partial charge in [0, 0.05) is 14.1 Å². The standard InChI is InChI=1S/C4H7N2O2/c1-6(2)4(8)5-3-7/h1-2H3,(H,5,7,8).